The van der Waals surface area contributed by atoms with Crippen LogP contribution in [0.3, 0.4) is 0 Å². The van der Waals surface area contributed by atoms with Gasteiger partial charge in [-0.1, -0.05) is 36.4 Å². The van der Waals surface area contributed by atoms with Crippen molar-refractivity contribution in [2.45, 2.75) is 0 Å². The summed E-state index contributed by atoms with van der Waals surface area (Å²) >= 11 is 0. The number of benzene rings is 2. The monoisotopic (exact) mass is 338 g/mol. The van der Waals surface area contributed by atoms with Crippen LogP contribution >= 0.6 is 0 Å². The Balaban J connectivity index is 2.17. The molecule has 2 aromatic carbocycles. The summed E-state index contributed by atoms with van der Waals surface area (Å²) < 4.78 is 29.1. The van der Waals surface area contributed by atoms with Crippen molar-refractivity contribution in [1.29, 1.82) is 5.26 Å². The molecule has 124 valence electrons. The molecule has 0 bridgehead atoms. The Morgan fingerprint density at radius 1 is 1.08 bits per heavy atom. The number of aromatic nitrogens is 3. The fourth-order valence-electron chi connectivity index (χ4n) is 2.37. The standard InChI is InChI=1S/C18H12F2N4O/c1-24-18(22-17(23-24)11-6-3-2-4-7-11)12(10-21)16(25)15-13(19)8-5-9-14(15)20/h2-9,25H,1H3/b16-12-. The van der Waals surface area contributed by atoms with Crippen LogP contribution < -0.4 is 0 Å². The van der Waals surface area contributed by atoms with Gasteiger partial charge in [-0.25, -0.2) is 18.4 Å². The average molecular weight is 338 g/mol. The first-order chi connectivity index (χ1) is 12.0. The average Bonchev–Trinajstić information content (AvgIpc) is 2.98. The van der Waals surface area contributed by atoms with E-state index < -0.39 is 23.0 Å². The van der Waals surface area contributed by atoms with Gasteiger partial charge in [-0.3, -0.25) is 0 Å². The number of hydrogen-bond acceptors (Lipinski definition) is 4. The van der Waals surface area contributed by atoms with Gasteiger partial charge in [0.15, 0.2) is 11.6 Å². The normalized spacial score (nSPS) is 11.8. The predicted octanol–water partition coefficient (Wildman–Crippen LogP) is 3.71. The van der Waals surface area contributed by atoms with Gasteiger partial charge < -0.3 is 5.11 Å². The van der Waals surface area contributed by atoms with E-state index >= 15 is 0 Å². The quantitative estimate of drug-likeness (QED) is 0.583. The minimum absolute atomic E-state index is 0.00139. The fourth-order valence-corrected chi connectivity index (χ4v) is 2.37. The highest BCUT2D eigenvalue weighted by atomic mass is 19.1. The molecule has 1 aromatic heterocycles. The van der Waals surface area contributed by atoms with Gasteiger partial charge in [-0.05, 0) is 12.1 Å². The molecule has 0 amide bonds. The summed E-state index contributed by atoms with van der Waals surface area (Å²) in [6.07, 6.45) is 0. The zero-order chi connectivity index (χ0) is 18.0. The number of halogens is 2. The van der Waals surface area contributed by atoms with E-state index in [1.165, 1.54) is 17.8 Å². The Bertz CT molecular complexity index is 983. The molecule has 5 nitrogen and oxygen atoms in total. The lowest BCUT2D eigenvalue weighted by atomic mass is 10.1. The summed E-state index contributed by atoms with van der Waals surface area (Å²) in [6, 6.07) is 13.9. The van der Waals surface area contributed by atoms with Gasteiger partial charge in [0.05, 0.1) is 5.56 Å². The van der Waals surface area contributed by atoms with Crippen molar-refractivity contribution in [3.63, 3.8) is 0 Å². The number of rotatable bonds is 3. The molecule has 0 saturated carbocycles. The van der Waals surface area contributed by atoms with Crippen molar-refractivity contribution in [3.05, 3.63) is 71.6 Å². The maximum absolute atomic E-state index is 13.9. The van der Waals surface area contributed by atoms with Crippen molar-refractivity contribution >= 4 is 11.3 Å². The van der Waals surface area contributed by atoms with Crippen LogP contribution in [0.1, 0.15) is 11.4 Å². The summed E-state index contributed by atoms with van der Waals surface area (Å²) in [6.45, 7) is 0. The first-order valence-corrected chi connectivity index (χ1v) is 7.27. The van der Waals surface area contributed by atoms with Crippen LogP contribution in [0, 0.1) is 23.0 Å². The zero-order valence-corrected chi connectivity index (χ0v) is 13.1. The van der Waals surface area contributed by atoms with Crippen LogP contribution in [0.2, 0.25) is 0 Å². The Kier molecular flexibility index (Phi) is 4.27. The number of allylic oxidation sites excluding steroid dienone is 1. The van der Waals surface area contributed by atoms with Crippen LogP contribution in [-0.2, 0) is 7.05 Å². The lowest BCUT2D eigenvalue weighted by Crippen LogP contribution is -2.02. The van der Waals surface area contributed by atoms with Crippen LogP contribution in [0.25, 0.3) is 22.7 Å². The van der Waals surface area contributed by atoms with Crippen LogP contribution in [0.15, 0.2) is 48.5 Å². The molecular formula is C18H12F2N4O. The summed E-state index contributed by atoms with van der Waals surface area (Å²) in [5, 5.41) is 23.9. The smallest absolute Gasteiger partial charge is 0.181 e. The summed E-state index contributed by atoms with van der Waals surface area (Å²) in [5.74, 6) is -2.45. The summed E-state index contributed by atoms with van der Waals surface area (Å²) in [4.78, 5) is 4.22. The largest absolute Gasteiger partial charge is 0.506 e. The zero-order valence-electron chi connectivity index (χ0n) is 13.1. The molecule has 0 atom stereocenters. The highest BCUT2D eigenvalue weighted by molar-refractivity contribution is 5.92. The number of aliphatic hydroxyl groups excluding tert-OH is 1. The van der Waals surface area contributed by atoms with E-state index in [-0.39, 0.29) is 11.4 Å². The van der Waals surface area contributed by atoms with Crippen molar-refractivity contribution in [2.75, 3.05) is 0 Å². The highest BCUT2D eigenvalue weighted by Crippen LogP contribution is 2.28. The minimum atomic E-state index is -0.976. The third-order valence-corrected chi connectivity index (χ3v) is 3.57. The molecule has 0 aliphatic rings. The second-order valence-corrected chi connectivity index (χ2v) is 5.18. The van der Waals surface area contributed by atoms with Gasteiger partial charge in [0.1, 0.15) is 29.0 Å². The second-order valence-electron chi connectivity index (χ2n) is 5.18. The van der Waals surface area contributed by atoms with Gasteiger partial charge in [-0.2, -0.15) is 10.4 Å². The van der Waals surface area contributed by atoms with Crippen LogP contribution in [0.5, 0.6) is 0 Å². The molecule has 0 fully saturated rings. The number of nitrogens with zero attached hydrogens (tertiary/aromatic N) is 4. The lowest BCUT2D eigenvalue weighted by Gasteiger charge is -2.06. The molecule has 0 spiro atoms. The maximum atomic E-state index is 13.9. The molecule has 0 aliphatic heterocycles. The van der Waals surface area contributed by atoms with Gasteiger partial charge >= 0.3 is 0 Å². The SMILES string of the molecule is Cn1nc(-c2ccccc2)nc1/C(C#N)=C(\O)c1c(F)cccc1F. The molecule has 0 aliphatic carbocycles. The molecular weight excluding hydrogens is 326 g/mol. The molecule has 3 rings (SSSR count). The number of aryl methyl sites for hydroxylation is 1. The second kappa shape index (κ2) is 6.53. The summed E-state index contributed by atoms with van der Waals surface area (Å²) in [7, 11) is 1.52. The Morgan fingerprint density at radius 2 is 1.72 bits per heavy atom. The molecule has 0 unspecified atom stereocenters. The first kappa shape index (κ1) is 16.3. The van der Waals surface area contributed by atoms with Gasteiger partial charge in [-0.15, -0.1) is 0 Å². The third kappa shape index (κ3) is 2.97. The topological polar surface area (TPSA) is 74.7 Å². The predicted molar refractivity (Wildman–Crippen MR) is 87.9 cm³/mol. The number of nitriles is 1. The molecule has 25 heavy (non-hydrogen) atoms. The Hall–Kier alpha value is -3.53. The first-order valence-electron chi connectivity index (χ1n) is 7.27. The van der Waals surface area contributed by atoms with Crippen molar-refractivity contribution in [1.82, 2.24) is 14.8 Å². The third-order valence-electron chi connectivity index (χ3n) is 3.57. The van der Waals surface area contributed by atoms with Gasteiger partial charge in [0.2, 0.25) is 0 Å². The number of hydrogen-bond donors (Lipinski definition) is 1. The van der Waals surface area contributed by atoms with E-state index in [0.29, 0.717) is 11.4 Å². The lowest BCUT2D eigenvalue weighted by molar-refractivity contribution is 0.489. The van der Waals surface area contributed by atoms with Crippen LogP contribution in [0.4, 0.5) is 8.78 Å². The van der Waals surface area contributed by atoms with E-state index in [2.05, 4.69) is 10.1 Å². The molecule has 1 heterocycles. The Labute approximate surface area is 142 Å². The highest BCUT2D eigenvalue weighted by Gasteiger charge is 2.22. The van der Waals surface area contributed by atoms with Gasteiger partial charge in [0, 0.05) is 12.6 Å². The minimum Gasteiger partial charge on any atom is -0.506 e. The van der Waals surface area contributed by atoms with Crippen LogP contribution in [-0.4, -0.2) is 19.9 Å². The molecule has 3 aromatic rings. The molecule has 1 N–H and O–H groups in total. The van der Waals surface area contributed by atoms with E-state index in [9.17, 15) is 19.1 Å². The van der Waals surface area contributed by atoms with Gasteiger partial charge in [0.25, 0.3) is 0 Å². The van der Waals surface area contributed by atoms with Crippen molar-refractivity contribution < 1.29 is 13.9 Å². The van der Waals surface area contributed by atoms with E-state index in [0.717, 1.165) is 12.1 Å². The van der Waals surface area contributed by atoms with Crippen molar-refractivity contribution in [3.8, 4) is 17.5 Å². The Morgan fingerprint density at radius 3 is 2.32 bits per heavy atom. The van der Waals surface area contributed by atoms with E-state index in [4.69, 9.17) is 0 Å². The van der Waals surface area contributed by atoms with E-state index in [1.54, 1.807) is 30.3 Å². The summed E-state index contributed by atoms with van der Waals surface area (Å²) in [5.41, 5.74) is -0.345. The molecule has 7 heteroatoms. The van der Waals surface area contributed by atoms with Crippen molar-refractivity contribution in [2.24, 2.45) is 7.05 Å². The maximum Gasteiger partial charge on any atom is 0.181 e. The molecule has 0 radical (unpaired) electrons. The van der Waals surface area contributed by atoms with E-state index in [1.807, 2.05) is 6.07 Å². The molecule has 0 saturated heterocycles. The number of aliphatic hydroxyl groups is 1. The fraction of sp³-hybridized carbons (Fsp3) is 0.0556.